The van der Waals surface area contributed by atoms with Crippen molar-refractivity contribution in [2.24, 2.45) is 0 Å². The summed E-state index contributed by atoms with van der Waals surface area (Å²) in [5.74, 6) is 0.146. The van der Waals surface area contributed by atoms with Crippen molar-refractivity contribution in [1.29, 1.82) is 0 Å². The molecule has 0 aliphatic carbocycles. The molecule has 0 radical (unpaired) electrons. The van der Waals surface area contributed by atoms with Gasteiger partial charge in [-0.1, -0.05) is 11.6 Å². The highest BCUT2D eigenvalue weighted by molar-refractivity contribution is 7.94. The number of aromatic nitrogens is 2. The molecule has 0 spiro atoms. The normalized spacial score (nSPS) is 11.6. The van der Waals surface area contributed by atoms with Gasteiger partial charge in [-0.2, -0.15) is 5.10 Å². The van der Waals surface area contributed by atoms with Gasteiger partial charge in [0.2, 0.25) is 0 Å². The van der Waals surface area contributed by atoms with Gasteiger partial charge in [0.15, 0.2) is 5.82 Å². The molecule has 0 saturated carbocycles. The molecule has 0 aliphatic heterocycles. The Labute approximate surface area is 107 Å². The van der Waals surface area contributed by atoms with Crippen LogP contribution in [0.4, 0.5) is 11.5 Å². The lowest BCUT2D eigenvalue weighted by Gasteiger charge is -2.03. The molecule has 2 aromatic rings. The van der Waals surface area contributed by atoms with Crippen LogP contribution in [0.5, 0.6) is 0 Å². The molecule has 0 amide bonds. The molecule has 17 heavy (non-hydrogen) atoms. The summed E-state index contributed by atoms with van der Waals surface area (Å²) in [6.07, 6.45) is 1.32. The van der Waals surface area contributed by atoms with Gasteiger partial charge in [-0.15, -0.1) is 11.3 Å². The van der Waals surface area contributed by atoms with Crippen LogP contribution < -0.4 is 10.5 Å². The van der Waals surface area contributed by atoms with Crippen molar-refractivity contribution in [1.82, 2.24) is 10.2 Å². The standard InChI is InChI=1S/C8H9ClN4O2S2/c1-4-2-6(16-7(4)9)17(14,15)13-8-5(10)3-11-12-8/h2-3H,10H2,1H3,(H2,11,12,13). The third-order valence-electron chi connectivity index (χ3n) is 2.00. The van der Waals surface area contributed by atoms with Crippen molar-refractivity contribution < 1.29 is 8.42 Å². The quantitative estimate of drug-likeness (QED) is 0.803. The predicted molar refractivity (Wildman–Crippen MR) is 67.9 cm³/mol. The molecule has 0 aromatic carbocycles. The van der Waals surface area contributed by atoms with E-state index in [4.69, 9.17) is 17.3 Å². The van der Waals surface area contributed by atoms with Crippen molar-refractivity contribution in [3.8, 4) is 0 Å². The van der Waals surface area contributed by atoms with E-state index in [1.165, 1.54) is 12.3 Å². The van der Waals surface area contributed by atoms with Gasteiger partial charge in [-0.05, 0) is 18.6 Å². The van der Waals surface area contributed by atoms with Crippen molar-refractivity contribution >= 4 is 44.5 Å². The fourth-order valence-electron chi connectivity index (χ4n) is 1.13. The van der Waals surface area contributed by atoms with Gasteiger partial charge in [0.05, 0.1) is 16.2 Å². The molecule has 0 aliphatic rings. The van der Waals surface area contributed by atoms with E-state index in [2.05, 4.69) is 14.9 Å². The number of nitrogens with one attached hydrogen (secondary N) is 2. The molecule has 0 saturated heterocycles. The second kappa shape index (κ2) is 4.21. The summed E-state index contributed by atoms with van der Waals surface area (Å²) in [5.41, 5.74) is 6.46. The number of aromatic amines is 1. The van der Waals surface area contributed by atoms with E-state index in [0.29, 0.717) is 4.34 Å². The van der Waals surface area contributed by atoms with Gasteiger partial charge < -0.3 is 5.73 Å². The number of anilines is 2. The van der Waals surface area contributed by atoms with Crippen molar-refractivity contribution in [2.45, 2.75) is 11.1 Å². The van der Waals surface area contributed by atoms with E-state index in [-0.39, 0.29) is 15.7 Å². The second-order valence-electron chi connectivity index (χ2n) is 3.33. The first-order valence-electron chi connectivity index (χ1n) is 4.48. The minimum absolute atomic E-state index is 0.133. The summed E-state index contributed by atoms with van der Waals surface area (Å²) in [6.45, 7) is 1.74. The number of thiophene rings is 1. The smallest absolute Gasteiger partial charge is 0.272 e. The summed E-state index contributed by atoms with van der Waals surface area (Å²) in [4.78, 5) is 0. The number of rotatable bonds is 3. The van der Waals surface area contributed by atoms with Crippen LogP contribution in [-0.4, -0.2) is 18.6 Å². The molecule has 0 fully saturated rings. The second-order valence-corrected chi connectivity index (χ2v) is 6.89. The first kappa shape index (κ1) is 12.2. The van der Waals surface area contributed by atoms with Crippen LogP contribution in [0.2, 0.25) is 4.34 Å². The molecular weight excluding hydrogens is 284 g/mol. The molecule has 92 valence electrons. The minimum Gasteiger partial charge on any atom is -0.394 e. The van der Waals surface area contributed by atoms with Gasteiger partial charge in [-0.3, -0.25) is 9.82 Å². The fraction of sp³-hybridized carbons (Fsp3) is 0.125. The number of halogens is 1. The molecule has 2 aromatic heterocycles. The molecule has 4 N–H and O–H groups in total. The Balaban J connectivity index is 2.35. The van der Waals surface area contributed by atoms with Crippen molar-refractivity contribution in [3.63, 3.8) is 0 Å². The van der Waals surface area contributed by atoms with Crippen molar-refractivity contribution in [3.05, 3.63) is 22.2 Å². The average Bonchev–Trinajstić information content (AvgIpc) is 2.76. The van der Waals surface area contributed by atoms with E-state index in [1.54, 1.807) is 6.92 Å². The topological polar surface area (TPSA) is 101 Å². The lowest BCUT2D eigenvalue weighted by molar-refractivity contribution is 0.603. The fourth-order valence-corrected chi connectivity index (χ4v) is 3.88. The molecule has 0 atom stereocenters. The number of H-pyrrole nitrogens is 1. The first-order chi connectivity index (χ1) is 7.90. The summed E-state index contributed by atoms with van der Waals surface area (Å²) in [5, 5.41) is 6.08. The Morgan fingerprint density at radius 2 is 2.29 bits per heavy atom. The molecule has 2 rings (SSSR count). The summed E-state index contributed by atoms with van der Waals surface area (Å²) in [6, 6.07) is 1.50. The predicted octanol–water partition coefficient (Wildman–Crippen LogP) is 1.82. The third kappa shape index (κ3) is 2.38. The third-order valence-corrected chi connectivity index (χ3v) is 5.38. The highest BCUT2D eigenvalue weighted by Gasteiger charge is 2.20. The number of nitrogens with zero attached hydrogens (tertiary/aromatic N) is 1. The van der Waals surface area contributed by atoms with E-state index >= 15 is 0 Å². The van der Waals surface area contributed by atoms with Gasteiger partial charge in [0, 0.05) is 0 Å². The van der Waals surface area contributed by atoms with Crippen LogP contribution in [0.3, 0.4) is 0 Å². The van der Waals surface area contributed by atoms with Gasteiger partial charge in [0.1, 0.15) is 4.21 Å². The Morgan fingerprint density at radius 1 is 1.59 bits per heavy atom. The van der Waals surface area contributed by atoms with Crippen LogP contribution >= 0.6 is 22.9 Å². The molecule has 9 heteroatoms. The first-order valence-corrected chi connectivity index (χ1v) is 7.15. The van der Waals surface area contributed by atoms with Crippen molar-refractivity contribution in [2.75, 3.05) is 10.5 Å². The van der Waals surface area contributed by atoms with E-state index in [9.17, 15) is 8.42 Å². The highest BCUT2D eigenvalue weighted by Crippen LogP contribution is 2.31. The van der Waals surface area contributed by atoms with Gasteiger partial charge in [-0.25, -0.2) is 8.42 Å². The van der Waals surface area contributed by atoms with Crippen LogP contribution in [-0.2, 0) is 10.0 Å². The summed E-state index contributed by atoms with van der Waals surface area (Å²) in [7, 11) is -3.67. The van der Waals surface area contributed by atoms with E-state index < -0.39 is 10.0 Å². The maximum absolute atomic E-state index is 12.0. The molecule has 2 heterocycles. The number of aryl methyl sites for hydroxylation is 1. The monoisotopic (exact) mass is 292 g/mol. The van der Waals surface area contributed by atoms with Crippen LogP contribution in [0.15, 0.2) is 16.5 Å². The summed E-state index contributed by atoms with van der Waals surface area (Å²) < 4.78 is 26.8. The largest absolute Gasteiger partial charge is 0.394 e. The highest BCUT2D eigenvalue weighted by atomic mass is 35.5. The Bertz CT molecular complexity index is 627. The number of nitrogens with two attached hydrogens (primary N) is 1. The number of hydrogen-bond acceptors (Lipinski definition) is 5. The zero-order valence-electron chi connectivity index (χ0n) is 8.69. The van der Waals surface area contributed by atoms with Crippen LogP contribution in [0, 0.1) is 6.92 Å². The maximum atomic E-state index is 12.0. The lowest BCUT2D eigenvalue weighted by Crippen LogP contribution is -2.12. The average molecular weight is 293 g/mol. The minimum atomic E-state index is -3.67. The van der Waals surface area contributed by atoms with E-state index in [1.807, 2.05) is 0 Å². The number of nitrogen functional groups attached to an aromatic ring is 1. The van der Waals surface area contributed by atoms with Gasteiger partial charge in [0.25, 0.3) is 10.0 Å². The SMILES string of the molecule is Cc1cc(S(=O)(=O)Nc2[nH]ncc2N)sc1Cl. The molecular formula is C8H9ClN4O2S2. The Morgan fingerprint density at radius 3 is 2.76 bits per heavy atom. The Kier molecular flexibility index (Phi) is 3.02. The van der Waals surface area contributed by atoms with E-state index in [0.717, 1.165) is 16.9 Å². The molecule has 0 unspecified atom stereocenters. The number of hydrogen-bond donors (Lipinski definition) is 3. The number of sulfonamides is 1. The Hall–Kier alpha value is -1.25. The van der Waals surface area contributed by atoms with Gasteiger partial charge >= 0.3 is 0 Å². The summed E-state index contributed by atoms with van der Waals surface area (Å²) >= 11 is 6.82. The van der Waals surface area contributed by atoms with Crippen LogP contribution in [0.25, 0.3) is 0 Å². The molecule has 6 nitrogen and oxygen atoms in total. The lowest BCUT2D eigenvalue weighted by atomic mass is 10.4. The van der Waals surface area contributed by atoms with Crippen LogP contribution in [0.1, 0.15) is 5.56 Å². The molecule has 0 bridgehead atoms. The zero-order chi connectivity index (χ0) is 12.6. The zero-order valence-corrected chi connectivity index (χ0v) is 11.1. The maximum Gasteiger partial charge on any atom is 0.272 e.